The molecule has 0 spiro atoms. The van der Waals surface area contributed by atoms with Crippen molar-refractivity contribution in [2.24, 2.45) is 10.1 Å². The summed E-state index contributed by atoms with van der Waals surface area (Å²) < 4.78 is 5.27. The Morgan fingerprint density at radius 3 is 2.44 bits per heavy atom. The molecule has 2 aromatic carbocycles. The van der Waals surface area contributed by atoms with Gasteiger partial charge in [-0.25, -0.2) is 5.01 Å². The minimum absolute atomic E-state index is 0.513. The van der Waals surface area contributed by atoms with Crippen LogP contribution in [0.25, 0.3) is 5.70 Å². The van der Waals surface area contributed by atoms with Gasteiger partial charge in [-0.3, -0.25) is 4.99 Å². The van der Waals surface area contributed by atoms with Gasteiger partial charge in [-0.1, -0.05) is 37.3 Å². The normalized spacial score (nSPS) is 14.8. The third-order valence-electron chi connectivity index (χ3n) is 4.18. The molecule has 1 aliphatic heterocycles. The maximum absolute atomic E-state index is 5.27. The zero-order valence-corrected chi connectivity index (χ0v) is 14.9. The smallest absolute Gasteiger partial charge is 0.132 e. The Kier molecular flexibility index (Phi) is 5.29. The Morgan fingerprint density at radius 2 is 1.80 bits per heavy atom. The van der Waals surface area contributed by atoms with E-state index < -0.39 is 0 Å². The first-order valence-electron chi connectivity index (χ1n) is 8.49. The van der Waals surface area contributed by atoms with E-state index in [9.17, 15) is 0 Å². The van der Waals surface area contributed by atoms with Gasteiger partial charge in [0.15, 0.2) is 0 Å². The molecule has 0 amide bonds. The lowest BCUT2D eigenvalue weighted by Gasteiger charge is -2.26. The van der Waals surface area contributed by atoms with Crippen LogP contribution in [0.5, 0.6) is 5.75 Å². The number of rotatable bonds is 5. The van der Waals surface area contributed by atoms with Gasteiger partial charge in [-0.15, -0.1) is 0 Å². The van der Waals surface area contributed by atoms with Crippen LogP contribution in [-0.4, -0.2) is 30.2 Å². The SMILES string of the molecule is CC/C(C)=N\N1CN=C(c2ccccc2)C=C1c1ccc(OC)cc1. The molecule has 3 rings (SSSR count). The van der Waals surface area contributed by atoms with Crippen molar-refractivity contribution in [2.75, 3.05) is 13.8 Å². The molecule has 128 valence electrons. The van der Waals surface area contributed by atoms with Crippen molar-refractivity contribution < 1.29 is 4.74 Å². The largest absolute Gasteiger partial charge is 0.497 e. The molecule has 0 saturated carbocycles. The highest BCUT2D eigenvalue weighted by Crippen LogP contribution is 2.26. The van der Waals surface area contributed by atoms with E-state index in [-0.39, 0.29) is 0 Å². The summed E-state index contributed by atoms with van der Waals surface area (Å²) in [6.07, 6.45) is 3.02. The summed E-state index contributed by atoms with van der Waals surface area (Å²) in [6.45, 7) is 4.67. The Bertz CT molecular complexity index is 805. The molecule has 0 bridgehead atoms. The number of methoxy groups -OCH3 is 1. The molecule has 1 heterocycles. The quantitative estimate of drug-likeness (QED) is 0.751. The van der Waals surface area contributed by atoms with E-state index in [0.717, 1.165) is 40.4 Å². The van der Waals surface area contributed by atoms with E-state index in [0.29, 0.717) is 6.67 Å². The van der Waals surface area contributed by atoms with E-state index >= 15 is 0 Å². The summed E-state index contributed by atoms with van der Waals surface area (Å²) in [5.74, 6) is 0.844. The van der Waals surface area contributed by atoms with Crippen LogP contribution in [0.3, 0.4) is 0 Å². The molecular formula is C21H23N3O. The summed E-state index contributed by atoms with van der Waals surface area (Å²) in [7, 11) is 1.68. The fraction of sp³-hybridized carbons (Fsp3) is 0.238. The Hall–Kier alpha value is -2.88. The number of ether oxygens (including phenoxy) is 1. The van der Waals surface area contributed by atoms with E-state index in [1.54, 1.807) is 7.11 Å². The number of aliphatic imine (C=N–C) groups is 1. The summed E-state index contributed by atoms with van der Waals surface area (Å²) in [5.41, 5.74) is 5.32. The lowest BCUT2D eigenvalue weighted by atomic mass is 10.0. The minimum Gasteiger partial charge on any atom is -0.497 e. The highest BCUT2D eigenvalue weighted by molar-refractivity contribution is 6.12. The van der Waals surface area contributed by atoms with Gasteiger partial charge in [0.05, 0.1) is 18.5 Å². The standard InChI is InChI=1S/C21H23N3O/c1-4-16(2)23-24-15-22-20(17-8-6-5-7-9-17)14-21(24)18-10-12-19(25-3)13-11-18/h5-14H,4,15H2,1-3H3/b23-16-. The predicted octanol–water partition coefficient (Wildman–Crippen LogP) is 4.58. The molecule has 1 aliphatic rings. The van der Waals surface area contributed by atoms with Crippen LogP contribution in [0, 0.1) is 0 Å². The van der Waals surface area contributed by atoms with Gasteiger partial charge in [-0.2, -0.15) is 5.10 Å². The molecule has 0 unspecified atom stereocenters. The second kappa shape index (κ2) is 7.79. The Morgan fingerprint density at radius 1 is 1.08 bits per heavy atom. The first-order valence-corrected chi connectivity index (χ1v) is 8.49. The summed E-state index contributed by atoms with van der Waals surface area (Å²) in [6, 6.07) is 18.3. The highest BCUT2D eigenvalue weighted by Gasteiger charge is 2.17. The van der Waals surface area contributed by atoms with Gasteiger partial charge < -0.3 is 4.74 Å². The van der Waals surface area contributed by atoms with Gasteiger partial charge in [0.1, 0.15) is 12.4 Å². The molecule has 0 radical (unpaired) electrons. The zero-order valence-electron chi connectivity index (χ0n) is 14.9. The summed E-state index contributed by atoms with van der Waals surface area (Å²) >= 11 is 0. The van der Waals surface area contributed by atoms with Crippen molar-refractivity contribution >= 4 is 17.1 Å². The van der Waals surface area contributed by atoms with Crippen LogP contribution >= 0.6 is 0 Å². The van der Waals surface area contributed by atoms with Crippen LogP contribution in [0.2, 0.25) is 0 Å². The average molecular weight is 333 g/mol. The molecule has 4 heteroatoms. The lowest BCUT2D eigenvalue weighted by molar-refractivity contribution is 0.414. The molecule has 4 nitrogen and oxygen atoms in total. The van der Waals surface area contributed by atoms with Gasteiger partial charge in [0, 0.05) is 11.3 Å². The van der Waals surface area contributed by atoms with Crippen molar-refractivity contribution in [3.8, 4) is 5.75 Å². The number of allylic oxidation sites excluding steroid dienone is 1. The van der Waals surface area contributed by atoms with Crippen molar-refractivity contribution in [3.63, 3.8) is 0 Å². The van der Waals surface area contributed by atoms with Crippen LogP contribution < -0.4 is 4.74 Å². The Balaban J connectivity index is 2.01. The molecule has 2 aromatic rings. The third kappa shape index (κ3) is 3.97. The second-order valence-electron chi connectivity index (χ2n) is 5.90. The average Bonchev–Trinajstić information content (AvgIpc) is 2.69. The van der Waals surface area contributed by atoms with Crippen molar-refractivity contribution in [1.82, 2.24) is 5.01 Å². The van der Waals surface area contributed by atoms with Crippen molar-refractivity contribution in [2.45, 2.75) is 20.3 Å². The van der Waals surface area contributed by atoms with Crippen molar-refractivity contribution in [1.29, 1.82) is 0 Å². The molecule has 0 N–H and O–H groups in total. The number of hydrogen-bond acceptors (Lipinski definition) is 4. The van der Waals surface area contributed by atoms with E-state index in [2.05, 4.69) is 37.3 Å². The van der Waals surface area contributed by atoms with Gasteiger partial charge >= 0.3 is 0 Å². The number of nitrogens with zero attached hydrogens (tertiary/aromatic N) is 3. The van der Waals surface area contributed by atoms with Gasteiger partial charge in [-0.05, 0) is 49.2 Å². The molecular weight excluding hydrogens is 310 g/mol. The van der Waals surface area contributed by atoms with Crippen LogP contribution in [0.4, 0.5) is 0 Å². The minimum atomic E-state index is 0.513. The fourth-order valence-electron chi connectivity index (χ4n) is 2.61. The topological polar surface area (TPSA) is 37.2 Å². The van der Waals surface area contributed by atoms with E-state index in [1.165, 1.54) is 0 Å². The molecule has 0 aromatic heterocycles. The molecule has 0 fully saturated rings. The first kappa shape index (κ1) is 17.0. The number of hydrazone groups is 1. The lowest BCUT2D eigenvalue weighted by Crippen LogP contribution is -2.23. The monoisotopic (exact) mass is 333 g/mol. The van der Waals surface area contributed by atoms with Crippen LogP contribution in [0.1, 0.15) is 31.4 Å². The fourth-order valence-corrected chi connectivity index (χ4v) is 2.61. The van der Waals surface area contributed by atoms with Gasteiger partial charge in [0.25, 0.3) is 0 Å². The van der Waals surface area contributed by atoms with Crippen LogP contribution in [-0.2, 0) is 0 Å². The maximum atomic E-state index is 5.27. The number of hydrogen-bond donors (Lipinski definition) is 0. The highest BCUT2D eigenvalue weighted by atomic mass is 16.5. The predicted molar refractivity (Wildman–Crippen MR) is 104 cm³/mol. The summed E-state index contributed by atoms with van der Waals surface area (Å²) in [4.78, 5) is 4.71. The molecule has 25 heavy (non-hydrogen) atoms. The van der Waals surface area contributed by atoms with Crippen molar-refractivity contribution in [3.05, 3.63) is 71.8 Å². The summed E-state index contributed by atoms with van der Waals surface area (Å²) in [5, 5.41) is 6.69. The third-order valence-corrected chi connectivity index (χ3v) is 4.18. The first-order chi connectivity index (χ1) is 12.2. The maximum Gasteiger partial charge on any atom is 0.132 e. The van der Waals surface area contributed by atoms with E-state index in [1.807, 2.05) is 42.3 Å². The number of benzene rings is 2. The molecule has 0 aliphatic carbocycles. The van der Waals surface area contributed by atoms with Gasteiger partial charge in [0.2, 0.25) is 0 Å². The molecule has 0 atom stereocenters. The second-order valence-corrected chi connectivity index (χ2v) is 5.90. The Labute approximate surface area is 149 Å². The van der Waals surface area contributed by atoms with E-state index in [4.69, 9.17) is 14.8 Å². The molecule has 0 saturated heterocycles. The zero-order chi connectivity index (χ0) is 17.6. The van der Waals surface area contributed by atoms with Crippen LogP contribution in [0.15, 0.2) is 70.8 Å².